The maximum atomic E-state index is 12.4. The Morgan fingerprint density at radius 3 is 2.70 bits per heavy atom. The predicted octanol–water partition coefficient (Wildman–Crippen LogP) is 0.502. The largest absolute Gasteiger partial charge is 0.343 e. The van der Waals surface area contributed by atoms with Crippen molar-refractivity contribution in [3.63, 3.8) is 0 Å². The van der Waals surface area contributed by atoms with Crippen LogP contribution in [-0.4, -0.2) is 48.4 Å². The highest BCUT2D eigenvalue weighted by molar-refractivity contribution is 5.90. The fourth-order valence-corrected chi connectivity index (χ4v) is 4.05. The molecule has 3 aliphatic rings. The molecule has 0 aromatic carbocycles. The van der Waals surface area contributed by atoms with Crippen molar-refractivity contribution < 1.29 is 9.59 Å². The molecule has 2 N–H and O–H groups in total. The average molecular weight is 279 g/mol. The monoisotopic (exact) mass is 279 g/mol. The molecule has 0 spiro atoms. The molecule has 5 nitrogen and oxygen atoms in total. The van der Waals surface area contributed by atoms with Gasteiger partial charge < -0.3 is 15.5 Å². The van der Waals surface area contributed by atoms with Crippen LogP contribution in [-0.2, 0) is 9.59 Å². The van der Waals surface area contributed by atoms with Gasteiger partial charge in [0.15, 0.2) is 0 Å². The van der Waals surface area contributed by atoms with Gasteiger partial charge in [-0.3, -0.25) is 9.59 Å². The van der Waals surface area contributed by atoms with E-state index in [1.165, 1.54) is 12.8 Å². The van der Waals surface area contributed by atoms with E-state index in [9.17, 15) is 9.59 Å². The molecule has 20 heavy (non-hydrogen) atoms. The van der Waals surface area contributed by atoms with Crippen LogP contribution in [0.15, 0.2) is 0 Å². The second kappa shape index (κ2) is 5.72. The van der Waals surface area contributed by atoms with Crippen LogP contribution in [0.1, 0.15) is 39.0 Å². The zero-order valence-corrected chi connectivity index (χ0v) is 12.2. The first-order valence-electron chi connectivity index (χ1n) is 7.99. The first-order valence-corrected chi connectivity index (χ1v) is 7.99. The van der Waals surface area contributed by atoms with Crippen molar-refractivity contribution in [1.29, 1.82) is 0 Å². The van der Waals surface area contributed by atoms with Crippen molar-refractivity contribution >= 4 is 11.8 Å². The van der Waals surface area contributed by atoms with E-state index in [-0.39, 0.29) is 17.9 Å². The minimum Gasteiger partial charge on any atom is -0.343 e. The third-order valence-corrected chi connectivity index (χ3v) is 5.18. The predicted molar refractivity (Wildman–Crippen MR) is 76.0 cm³/mol. The van der Waals surface area contributed by atoms with E-state index in [2.05, 4.69) is 10.6 Å². The highest BCUT2D eigenvalue weighted by atomic mass is 16.2. The van der Waals surface area contributed by atoms with E-state index >= 15 is 0 Å². The normalized spacial score (nSPS) is 34.0. The molecule has 3 rings (SSSR count). The Labute approximate surface area is 120 Å². The molecule has 1 saturated carbocycles. The van der Waals surface area contributed by atoms with Crippen LogP contribution < -0.4 is 10.6 Å². The first kappa shape index (κ1) is 13.9. The Morgan fingerprint density at radius 1 is 1.20 bits per heavy atom. The molecule has 112 valence electrons. The zero-order chi connectivity index (χ0) is 14.1. The summed E-state index contributed by atoms with van der Waals surface area (Å²) in [4.78, 5) is 26.5. The Morgan fingerprint density at radius 2 is 1.95 bits per heavy atom. The molecule has 2 amide bonds. The second-order valence-electron chi connectivity index (χ2n) is 6.50. The van der Waals surface area contributed by atoms with Gasteiger partial charge in [0, 0.05) is 13.1 Å². The van der Waals surface area contributed by atoms with Gasteiger partial charge in [-0.1, -0.05) is 6.42 Å². The average Bonchev–Trinajstić information content (AvgIpc) is 3.14. The summed E-state index contributed by atoms with van der Waals surface area (Å²) >= 11 is 0. The third kappa shape index (κ3) is 2.55. The van der Waals surface area contributed by atoms with Gasteiger partial charge in [0.25, 0.3) is 0 Å². The number of fused-ring (bicyclic) bond motifs is 1. The molecule has 2 saturated heterocycles. The van der Waals surface area contributed by atoms with Crippen molar-refractivity contribution in [2.75, 3.05) is 19.6 Å². The molecule has 4 unspecified atom stereocenters. The van der Waals surface area contributed by atoms with Crippen molar-refractivity contribution in [3.8, 4) is 0 Å². The number of rotatable bonds is 3. The van der Waals surface area contributed by atoms with Gasteiger partial charge in [-0.05, 0) is 51.0 Å². The molecular formula is C15H25N3O2. The maximum absolute atomic E-state index is 12.4. The number of carbonyl (C=O) groups excluding carboxylic acids is 2. The van der Waals surface area contributed by atoms with Gasteiger partial charge in [-0.2, -0.15) is 0 Å². The van der Waals surface area contributed by atoms with Crippen molar-refractivity contribution in [2.24, 2.45) is 11.8 Å². The number of hydrogen-bond acceptors (Lipinski definition) is 3. The van der Waals surface area contributed by atoms with E-state index in [1.807, 2.05) is 4.90 Å². The van der Waals surface area contributed by atoms with Crippen LogP contribution in [0.2, 0.25) is 0 Å². The zero-order valence-electron chi connectivity index (χ0n) is 12.2. The highest BCUT2D eigenvalue weighted by Gasteiger charge is 2.42. The van der Waals surface area contributed by atoms with Gasteiger partial charge in [-0.15, -0.1) is 0 Å². The highest BCUT2D eigenvalue weighted by Crippen LogP contribution is 2.37. The lowest BCUT2D eigenvalue weighted by molar-refractivity contribution is -0.135. The fraction of sp³-hybridized carbons (Fsp3) is 0.867. The molecule has 1 aliphatic carbocycles. The number of nitrogens with one attached hydrogen (secondary N) is 2. The SMILES string of the molecule is CC(NC(=O)C1NCC2CCCC21)C(=O)N1CCCC1. The standard InChI is InChI=1S/C15H25N3O2/c1-10(15(20)18-7-2-3-8-18)17-14(19)13-12-6-4-5-11(12)9-16-13/h10-13,16H,2-9H2,1H3,(H,17,19). The molecule has 5 heteroatoms. The summed E-state index contributed by atoms with van der Waals surface area (Å²) in [6.07, 6.45) is 5.79. The molecule has 0 aromatic heterocycles. The lowest BCUT2D eigenvalue weighted by atomic mass is 9.93. The molecule has 0 bridgehead atoms. The van der Waals surface area contributed by atoms with Crippen LogP contribution in [0.25, 0.3) is 0 Å². The lowest BCUT2D eigenvalue weighted by Crippen LogP contribution is -2.52. The summed E-state index contributed by atoms with van der Waals surface area (Å²) < 4.78 is 0. The van der Waals surface area contributed by atoms with Crippen molar-refractivity contribution in [1.82, 2.24) is 15.5 Å². The third-order valence-electron chi connectivity index (χ3n) is 5.18. The summed E-state index contributed by atoms with van der Waals surface area (Å²) in [5, 5.41) is 6.25. The lowest BCUT2D eigenvalue weighted by Gasteiger charge is -2.24. The van der Waals surface area contributed by atoms with Crippen LogP contribution in [0, 0.1) is 11.8 Å². The van der Waals surface area contributed by atoms with Gasteiger partial charge in [-0.25, -0.2) is 0 Å². The molecule has 2 aliphatic heterocycles. The molecule has 3 fully saturated rings. The summed E-state index contributed by atoms with van der Waals surface area (Å²) in [6.45, 7) is 4.44. The second-order valence-corrected chi connectivity index (χ2v) is 6.50. The minimum absolute atomic E-state index is 0.0134. The number of likely N-dealkylation sites (tertiary alicyclic amines) is 1. The van der Waals surface area contributed by atoms with Gasteiger partial charge in [0.2, 0.25) is 11.8 Å². The Kier molecular flexibility index (Phi) is 3.96. The topological polar surface area (TPSA) is 61.4 Å². The van der Waals surface area contributed by atoms with Crippen molar-refractivity contribution in [2.45, 2.75) is 51.1 Å². The Balaban J connectivity index is 1.54. The number of carbonyl (C=O) groups is 2. The van der Waals surface area contributed by atoms with Gasteiger partial charge >= 0.3 is 0 Å². The molecule has 4 atom stereocenters. The van der Waals surface area contributed by atoms with Gasteiger partial charge in [0.1, 0.15) is 6.04 Å². The van der Waals surface area contributed by atoms with Gasteiger partial charge in [0.05, 0.1) is 6.04 Å². The van der Waals surface area contributed by atoms with Crippen LogP contribution >= 0.6 is 0 Å². The van der Waals surface area contributed by atoms with Crippen LogP contribution in [0.3, 0.4) is 0 Å². The molecule has 0 aromatic rings. The summed E-state index contributed by atoms with van der Waals surface area (Å²) in [5.41, 5.74) is 0. The molecule has 2 heterocycles. The van der Waals surface area contributed by atoms with E-state index in [0.717, 1.165) is 38.9 Å². The van der Waals surface area contributed by atoms with Crippen LogP contribution in [0.5, 0.6) is 0 Å². The Bertz CT molecular complexity index is 393. The molecular weight excluding hydrogens is 254 g/mol. The maximum Gasteiger partial charge on any atom is 0.244 e. The van der Waals surface area contributed by atoms with E-state index in [1.54, 1.807) is 6.92 Å². The number of hydrogen-bond donors (Lipinski definition) is 2. The fourth-order valence-electron chi connectivity index (χ4n) is 4.05. The van der Waals surface area contributed by atoms with E-state index in [0.29, 0.717) is 11.8 Å². The van der Waals surface area contributed by atoms with Crippen molar-refractivity contribution in [3.05, 3.63) is 0 Å². The van der Waals surface area contributed by atoms with Crippen LogP contribution in [0.4, 0.5) is 0 Å². The Hall–Kier alpha value is -1.10. The summed E-state index contributed by atoms with van der Waals surface area (Å²) in [5.74, 6) is 1.22. The summed E-state index contributed by atoms with van der Waals surface area (Å²) in [7, 11) is 0. The molecule has 0 radical (unpaired) electrons. The quantitative estimate of drug-likeness (QED) is 0.791. The minimum atomic E-state index is -0.400. The smallest absolute Gasteiger partial charge is 0.244 e. The number of amides is 2. The number of nitrogens with zero attached hydrogens (tertiary/aromatic N) is 1. The van der Waals surface area contributed by atoms with E-state index < -0.39 is 6.04 Å². The summed E-state index contributed by atoms with van der Waals surface area (Å²) in [6, 6.07) is -0.487. The van der Waals surface area contributed by atoms with E-state index in [4.69, 9.17) is 0 Å². The first-order chi connectivity index (χ1) is 9.66.